The number of rotatable bonds is 1. The molecule has 1 aromatic rings. The number of nitrogens with one attached hydrogen (secondary N) is 1. The maximum absolute atomic E-state index is 11.3. The van der Waals surface area contributed by atoms with Crippen LogP contribution in [0.4, 0.5) is 0 Å². The molecule has 2 aliphatic carbocycles. The SMILES string of the molecule is O=C1CCCC(=O)C1.O=Cc1cc2c([nH]1)CCCC2=O.[Na+].[O-][I+3]([O-])([O-])[O-]. The minimum absolute atomic E-state index is 0. The number of ketones is 3. The molecule has 0 amide bonds. The second-order valence-electron chi connectivity index (χ2n) is 5.50. The Balaban J connectivity index is 0.000000391. The smallest absolute Gasteiger partial charge is 0.356 e. The van der Waals surface area contributed by atoms with Crippen molar-refractivity contribution in [3.8, 4) is 0 Å². The number of fused-ring (bicyclic) bond motifs is 1. The number of carbonyl (C=O) groups excluding carboxylic acids is 4. The van der Waals surface area contributed by atoms with Crippen LogP contribution in [0.15, 0.2) is 6.07 Å². The van der Waals surface area contributed by atoms with Gasteiger partial charge in [-0.1, -0.05) is 0 Å². The zero-order chi connectivity index (χ0) is 19.0. The topological polar surface area (TPSA) is 176 Å². The van der Waals surface area contributed by atoms with E-state index in [1.165, 1.54) is 0 Å². The van der Waals surface area contributed by atoms with Gasteiger partial charge >= 0.3 is 29.6 Å². The third kappa shape index (κ3) is 10.6. The van der Waals surface area contributed by atoms with Crippen LogP contribution in [0.25, 0.3) is 0 Å². The number of aryl methyl sites for hydroxylation is 1. The van der Waals surface area contributed by atoms with Gasteiger partial charge in [-0.2, -0.15) is 0 Å². The predicted octanol–water partition coefficient (Wildman–Crippen LogP) is -8.70. The Kier molecular flexibility index (Phi) is 11.9. The van der Waals surface area contributed by atoms with Crippen molar-refractivity contribution in [3.05, 3.63) is 23.0 Å². The third-order valence-corrected chi connectivity index (χ3v) is 3.48. The van der Waals surface area contributed by atoms with Crippen LogP contribution in [0.1, 0.15) is 65.1 Å². The number of aldehydes is 1. The molecule has 9 nitrogen and oxygen atoms in total. The van der Waals surface area contributed by atoms with Crippen LogP contribution in [-0.4, -0.2) is 28.6 Å². The Morgan fingerprint density at radius 2 is 1.42 bits per heavy atom. The van der Waals surface area contributed by atoms with Crippen LogP contribution in [-0.2, 0) is 16.0 Å². The Labute approximate surface area is 178 Å². The van der Waals surface area contributed by atoms with Gasteiger partial charge in [0.15, 0.2) is 12.1 Å². The van der Waals surface area contributed by atoms with Gasteiger partial charge in [-0.25, -0.2) is 0 Å². The molecule has 138 valence electrons. The van der Waals surface area contributed by atoms with Gasteiger partial charge in [-0.05, 0) is 25.3 Å². The summed E-state index contributed by atoms with van der Waals surface area (Å²) < 4.78 is 34.5. The predicted molar refractivity (Wildman–Crippen MR) is 71.9 cm³/mol. The number of H-pyrrole nitrogens is 1. The summed E-state index contributed by atoms with van der Waals surface area (Å²) in [5, 5.41) is 0. The summed E-state index contributed by atoms with van der Waals surface area (Å²) in [6.45, 7) is 0. The molecule has 0 saturated heterocycles. The van der Waals surface area contributed by atoms with Crippen molar-refractivity contribution < 1.29 is 82.6 Å². The summed E-state index contributed by atoms with van der Waals surface area (Å²) in [7, 11) is 0. The summed E-state index contributed by atoms with van der Waals surface area (Å²) in [6.07, 6.45) is 5.34. The van der Waals surface area contributed by atoms with Gasteiger partial charge in [0.25, 0.3) is 0 Å². The van der Waals surface area contributed by atoms with Crippen LogP contribution in [0.2, 0.25) is 0 Å². The zero-order valence-corrected chi connectivity index (χ0v) is 18.4. The number of carbonyl (C=O) groups is 4. The molecule has 2 aliphatic rings. The van der Waals surface area contributed by atoms with Gasteiger partial charge in [-0.3, -0.25) is 32.9 Å². The van der Waals surface area contributed by atoms with Gasteiger partial charge in [-0.15, -0.1) is 0 Å². The van der Waals surface area contributed by atoms with Gasteiger partial charge in [0.2, 0.25) is 0 Å². The van der Waals surface area contributed by atoms with E-state index in [2.05, 4.69) is 4.98 Å². The first-order valence-corrected chi connectivity index (χ1v) is 11.0. The minimum Gasteiger partial charge on any atom is -0.356 e. The number of Topliss-reactive ketones (excluding diaryl/α,β-unsaturated/α-hetero) is 3. The first-order chi connectivity index (χ1) is 11.6. The van der Waals surface area contributed by atoms with Crippen LogP contribution < -0.4 is 63.4 Å². The van der Waals surface area contributed by atoms with E-state index < -0.39 is 20.1 Å². The normalized spacial score (nSPS) is 16.2. The van der Waals surface area contributed by atoms with Crippen molar-refractivity contribution in [3.63, 3.8) is 0 Å². The third-order valence-electron chi connectivity index (χ3n) is 3.48. The van der Waals surface area contributed by atoms with E-state index in [1.807, 2.05) is 0 Å². The maximum atomic E-state index is 11.3. The molecule has 1 saturated carbocycles. The fourth-order valence-electron chi connectivity index (χ4n) is 2.47. The standard InChI is InChI=1S/C9H9NO2.C6H8O2.IO4.Na/c11-5-6-4-7-8(10-6)2-1-3-9(7)12;7-5-2-1-3-6(8)4-5;2-1(3,4)5;/h4-5,10H,1-3H2;1-4H2;;/q;;-1;+1. The van der Waals surface area contributed by atoms with Gasteiger partial charge < -0.3 is 4.98 Å². The molecule has 1 fully saturated rings. The van der Waals surface area contributed by atoms with E-state index in [0.29, 0.717) is 30.5 Å². The fourth-order valence-corrected chi connectivity index (χ4v) is 2.47. The van der Waals surface area contributed by atoms with Crippen molar-refractivity contribution in [2.45, 2.75) is 44.9 Å². The van der Waals surface area contributed by atoms with E-state index in [-0.39, 0.29) is 53.3 Å². The molecule has 0 atom stereocenters. The molecular weight excluding hydrogens is 472 g/mol. The molecule has 0 bridgehead atoms. The molecule has 1 heterocycles. The molecule has 3 rings (SSSR count). The molecule has 26 heavy (non-hydrogen) atoms. The summed E-state index contributed by atoms with van der Waals surface area (Å²) in [4.78, 5) is 45.5. The molecule has 0 spiro atoms. The van der Waals surface area contributed by atoms with Gasteiger partial charge in [0, 0.05) is 30.5 Å². The van der Waals surface area contributed by atoms with Crippen LogP contribution in [0.5, 0.6) is 0 Å². The maximum Gasteiger partial charge on any atom is 1.00 e. The number of aromatic nitrogens is 1. The molecule has 0 aliphatic heterocycles. The molecule has 11 heteroatoms. The Bertz CT molecular complexity index is 633. The fraction of sp³-hybridized carbons (Fsp3) is 0.467. The molecule has 0 radical (unpaired) electrons. The van der Waals surface area contributed by atoms with Crippen molar-refractivity contribution in [1.82, 2.24) is 4.98 Å². The number of hydrogen-bond acceptors (Lipinski definition) is 8. The summed E-state index contributed by atoms with van der Waals surface area (Å²) in [6, 6.07) is 1.64. The second-order valence-corrected chi connectivity index (χ2v) is 7.65. The van der Waals surface area contributed by atoms with E-state index in [1.54, 1.807) is 6.07 Å². The van der Waals surface area contributed by atoms with Crippen LogP contribution in [0.3, 0.4) is 0 Å². The summed E-state index contributed by atoms with van der Waals surface area (Å²) in [5.74, 6) is 0.378. The number of hydrogen-bond donors (Lipinski definition) is 1. The zero-order valence-electron chi connectivity index (χ0n) is 14.2. The number of halogens is 1. The Morgan fingerprint density at radius 3 is 1.81 bits per heavy atom. The van der Waals surface area contributed by atoms with E-state index in [4.69, 9.17) is 13.7 Å². The van der Waals surface area contributed by atoms with Crippen molar-refractivity contribution in [2.75, 3.05) is 0 Å². The van der Waals surface area contributed by atoms with Crippen molar-refractivity contribution in [2.24, 2.45) is 0 Å². The molecule has 1 aromatic heterocycles. The molecule has 0 unspecified atom stereocenters. The summed E-state index contributed by atoms with van der Waals surface area (Å²) in [5.41, 5.74) is 2.15. The van der Waals surface area contributed by atoms with E-state index in [9.17, 15) is 19.2 Å². The Hall–Kier alpha value is -0.470. The largest absolute Gasteiger partial charge is 1.00 e. The quantitative estimate of drug-likeness (QED) is 0.175. The molecule has 0 aromatic carbocycles. The van der Waals surface area contributed by atoms with Gasteiger partial charge in [0.05, 0.1) is 12.1 Å². The number of aromatic amines is 1. The van der Waals surface area contributed by atoms with E-state index in [0.717, 1.165) is 31.2 Å². The second kappa shape index (κ2) is 12.1. The monoisotopic (exact) mass is 489 g/mol. The average Bonchev–Trinajstić information content (AvgIpc) is 2.91. The van der Waals surface area contributed by atoms with Crippen LogP contribution in [0, 0.1) is 0 Å². The van der Waals surface area contributed by atoms with E-state index >= 15 is 0 Å². The van der Waals surface area contributed by atoms with Crippen molar-refractivity contribution in [1.29, 1.82) is 0 Å². The molecule has 1 N–H and O–H groups in total. The summed E-state index contributed by atoms with van der Waals surface area (Å²) >= 11 is -5.94. The first kappa shape index (κ1) is 25.5. The molecular formula is C15H17INNaO8. The average molecular weight is 489 g/mol. The van der Waals surface area contributed by atoms with Crippen molar-refractivity contribution >= 4 is 23.6 Å². The first-order valence-electron chi connectivity index (χ1n) is 7.45. The minimum atomic E-state index is -5.94. The Morgan fingerprint density at radius 1 is 0.923 bits per heavy atom. The van der Waals surface area contributed by atoms with Crippen LogP contribution >= 0.6 is 0 Å². The van der Waals surface area contributed by atoms with Gasteiger partial charge in [0.1, 0.15) is 31.7 Å².